The molecule has 2 aromatic rings. The van der Waals surface area contributed by atoms with E-state index in [4.69, 9.17) is 4.52 Å². The molecule has 2 aromatic heterocycles. The molecular formula is C11H10N2O2. The third kappa shape index (κ3) is 1.79. The van der Waals surface area contributed by atoms with E-state index < -0.39 is 0 Å². The molecule has 0 aliphatic heterocycles. The summed E-state index contributed by atoms with van der Waals surface area (Å²) in [5, 5.41) is 3.77. The fourth-order valence-corrected chi connectivity index (χ4v) is 1.37. The Morgan fingerprint density at radius 3 is 2.67 bits per heavy atom. The summed E-state index contributed by atoms with van der Waals surface area (Å²) in [6.45, 7) is 3.66. The van der Waals surface area contributed by atoms with E-state index in [2.05, 4.69) is 10.1 Å². The van der Waals surface area contributed by atoms with Crippen LogP contribution in [0.2, 0.25) is 0 Å². The number of nitrogens with zero attached hydrogens (tertiary/aromatic N) is 2. The minimum absolute atomic E-state index is 0.381. The fourth-order valence-electron chi connectivity index (χ4n) is 1.37. The smallest absolute Gasteiger partial charge is 0.169 e. The summed E-state index contributed by atoms with van der Waals surface area (Å²) in [5.74, 6) is 0.571. The largest absolute Gasteiger partial charge is 0.356 e. The summed E-state index contributed by atoms with van der Waals surface area (Å²) in [4.78, 5) is 15.0. The Morgan fingerprint density at radius 1 is 1.27 bits per heavy atom. The molecule has 0 aliphatic rings. The number of carbonyl (C=O) groups excluding carboxylic acids is 1. The van der Waals surface area contributed by atoms with Gasteiger partial charge in [-0.3, -0.25) is 4.79 Å². The van der Waals surface area contributed by atoms with Crippen molar-refractivity contribution in [3.8, 4) is 11.3 Å². The number of carbonyl (C=O) groups is 1. The average Bonchev–Trinajstić information content (AvgIpc) is 2.64. The Hall–Kier alpha value is -1.97. The maximum absolute atomic E-state index is 10.8. The number of hydrogen-bond donors (Lipinski definition) is 0. The van der Waals surface area contributed by atoms with Gasteiger partial charge in [-0.1, -0.05) is 5.16 Å². The monoisotopic (exact) mass is 202 g/mol. The van der Waals surface area contributed by atoms with Crippen molar-refractivity contribution in [2.45, 2.75) is 13.8 Å². The van der Waals surface area contributed by atoms with Gasteiger partial charge in [0.15, 0.2) is 12.0 Å². The minimum atomic E-state index is 0.381. The van der Waals surface area contributed by atoms with Gasteiger partial charge in [0.25, 0.3) is 0 Å². The molecule has 4 nitrogen and oxygen atoms in total. The lowest BCUT2D eigenvalue weighted by Crippen LogP contribution is -1.93. The molecule has 0 amide bonds. The molecule has 0 bridgehead atoms. The average molecular weight is 202 g/mol. The van der Waals surface area contributed by atoms with E-state index in [1.54, 1.807) is 6.07 Å². The molecule has 0 aromatic carbocycles. The van der Waals surface area contributed by atoms with Crippen LogP contribution in [0.4, 0.5) is 0 Å². The van der Waals surface area contributed by atoms with Gasteiger partial charge in [0, 0.05) is 17.3 Å². The van der Waals surface area contributed by atoms with Crippen LogP contribution < -0.4 is 0 Å². The predicted molar refractivity (Wildman–Crippen MR) is 54.6 cm³/mol. The van der Waals surface area contributed by atoms with Crippen LogP contribution in [-0.2, 0) is 0 Å². The highest BCUT2D eigenvalue weighted by Crippen LogP contribution is 2.22. The van der Waals surface area contributed by atoms with E-state index in [-0.39, 0.29) is 0 Å². The highest BCUT2D eigenvalue weighted by molar-refractivity contribution is 5.83. The molecular weight excluding hydrogens is 192 g/mol. The Labute approximate surface area is 86.9 Å². The summed E-state index contributed by atoms with van der Waals surface area (Å²) in [6, 6.07) is 5.42. The number of hydrogen-bond acceptors (Lipinski definition) is 4. The van der Waals surface area contributed by atoms with Gasteiger partial charge in [-0.15, -0.1) is 0 Å². The lowest BCUT2D eigenvalue weighted by Gasteiger charge is -2.00. The van der Waals surface area contributed by atoms with Crippen LogP contribution in [0.3, 0.4) is 0 Å². The molecule has 0 saturated heterocycles. The number of pyridine rings is 1. The van der Waals surface area contributed by atoms with Crippen LogP contribution in [0.25, 0.3) is 11.3 Å². The van der Waals surface area contributed by atoms with Crippen LogP contribution in [0.15, 0.2) is 22.7 Å². The highest BCUT2D eigenvalue weighted by Gasteiger charge is 2.10. The van der Waals surface area contributed by atoms with Crippen LogP contribution in [0.5, 0.6) is 0 Å². The summed E-state index contributed by atoms with van der Waals surface area (Å²) in [5.41, 5.74) is 2.64. The quantitative estimate of drug-likeness (QED) is 0.700. The molecule has 76 valence electrons. The fraction of sp³-hybridized carbons (Fsp3) is 0.182. The zero-order valence-corrected chi connectivity index (χ0v) is 8.52. The van der Waals surface area contributed by atoms with Crippen molar-refractivity contribution >= 4 is 6.29 Å². The first kappa shape index (κ1) is 9.58. The Bertz CT molecular complexity index is 503. The number of aldehydes is 1. The lowest BCUT2D eigenvalue weighted by atomic mass is 10.1. The van der Waals surface area contributed by atoms with Gasteiger partial charge in [-0.05, 0) is 26.0 Å². The third-order valence-electron chi connectivity index (χ3n) is 2.07. The number of aromatic nitrogens is 2. The van der Waals surface area contributed by atoms with Crippen molar-refractivity contribution in [2.24, 2.45) is 0 Å². The molecule has 0 saturated carbocycles. The maximum Gasteiger partial charge on any atom is 0.169 e. The molecule has 2 heterocycles. The van der Waals surface area contributed by atoms with Crippen molar-refractivity contribution < 1.29 is 9.32 Å². The molecule has 0 unspecified atom stereocenters. The molecule has 15 heavy (non-hydrogen) atoms. The molecule has 0 N–H and O–H groups in total. The molecule has 0 aliphatic carbocycles. The van der Waals surface area contributed by atoms with Crippen LogP contribution in [0, 0.1) is 13.8 Å². The first-order chi connectivity index (χ1) is 7.20. The standard InChI is InChI=1S/C11H10N2O2/c1-7-3-4-9(10(6-14)12-7)11-5-8(2)13-15-11/h3-6H,1-2H3. The first-order valence-electron chi connectivity index (χ1n) is 4.57. The van der Waals surface area contributed by atoms with Gasteiger partial charge in [-0.2, -0.15) is 0 Å². The van der Waals surface area contributed by atoms with Crippen LogP contribution in [-0.4, -0.2) is 16.4 Å². The van der Waals surface area contributed by atoms with E-state index in [1.807, 2.05) is 26.0 Å². The topological polar surface area (TPSA) is 56.0 Å². The van der Waals surface area contributed by atoms with Crippen molar-refractivity contribution in [3.05, 3.63) is 35.3 Å². The van der Waals surface area contributed by atoms with Crippen molar-refractivity contribution in [1.29, 1.82) is 0 Å². The molecule has 0 fully saturated rings. The molecule has 0 radical (unpaired) electrons. The van der Waals surface area contributed by atoms with E-state index in [1.165, 1.54) is 0 Å². The minimum Gasteiger partial charge on any atom is -0.356 e. The molecule has 4 heteroatoms. The summed E-state index contributed by atoms with van der Waals surface area (Å²) >= 11 is 0. The number of rotatable bonds is 2. The molecule has 2 rings (SSSR count). The Kier molecular flexibility index (Phi) is 2.33. The zero-order valence-electron chi connectivity index (χ0n) is 8.52. The SMILES string of the molecule is Cc1cc(-c2ccc(C)nc2C=O)on1. The summed E-state index contributed by atoms with van der Waals surface area (Å²) < 4.78 is 5.08. The van der Waals surface area contributed by atoms with Gasteiger partial charge >= 0.3 is 0 Å². The normalized spacial score (nSPS) is 10.3. The van der Waals surface area contributed by atoms with Gasteiger partial charge in [0.05, 0.1) is 5.69 Å². The first-order valence-corrected chi connectivity index (χ1v) is 4.57. The summed E-state index contributed by atoms with van der Waals surface area (Å²) in [7, 11) is 0. The molecule has 0 spiro atoms. The second-order valence-corrected chi connectivity index (χ2v) is 3.34. The van der Waals surface area contributed by atoms with E-state index in [0.717, 1.165) is 17.7 Å². The number of aryl methyl sites for hydroxylation is 2. The van der Waals surface area contributed by atoms with E-state index >= 15 is 0 Å². The lowest BCUT2D eigenvalue weighted by molar-refractivity contribution is 0.111. The van der Waals surface area contributed by atoms with Crippen molar-refractivity contribution in [2.75, 3.05) is 0 Å². The Balaban J connectivity index is 2.57. The maximum atomic E-state index is 10.8. The zero-order chi connectivity index (χ0) is 10.8. The van der Waals surface area contributed by atoms with Gasteiger partial charge in [0.1, 0.15) is 5.69 Å². The Morgan fingerprint density at radius 2 is 2.07 bits per heavy atom. The van der Waals surface area contributed by atoms with Crippen molar-refractivity contribution in [1.82, 2.24) is 10.1 Å². The third-order valence-corrected chi connectivity index (χ3v) is 2.07. The predicted octanol–water partition coefficient (Wildman–Crippen LogP) is 2.17. The highest BCUT2D eigenvalue weighted by atomic mass is 16.5. The van der Waals surface area contributed by atoms with Crippen LogP contribution >= 0.6 is 0 Å². The van der Waals surface area contributed by atoms with E-state index in [0.29, 0.717) is 17.0 Å². The van der Waals surface area contributed by atoms with Gasteiger partial charge in [-0.25, -0.2) is 4.98 Å². The summed E-state index contributed by atoms with van der Waals surface area (Å²) in [6.07, 6.45) is 0.722. The van der Waals surface area contributed by atoms with Gasteiger partial charge < -0.3 is 4.52 Å². The molecule has 0 atom stereocenters. The van der Waals surface area contributed by atoms with Crippen LogP contribution in [0.1, 0.15) is 21.9 Å². The van der Waals surface area contributed by atoms with Gasteiger partial charge in [0.2, 0.25) is 0 Å². The second kappa shape index (κ2) is 3.65. The van der Waals surface area contributed by atoms with E-state index in [9.17, 15) is 4.79 Å². The second-order valence-electron chi connectivity index (χ2n) is 3.34. The van der Waals surface area contributed by atoms with Crippen molar-refractivity contribution in [3.63, 3.8) is 0 Å².